The molecule has 0 bridgehead atoms. The zero-order chi connectivity index (χ0) is 14.2. The van der Waals surface area contributed by atoms with Crippen LogP contribution in [0, 0.1) is 0 Å². The van der Waals surface area contributed by atoms with E-state index in [0.29, 0.717) is 30.1 Å². The Kier molecular flexibility index (Phi) is 3.17. The van der Waals surface area contributed by atoms with Crippen LogP contribution in [0.25, 0.3) is 0 Å². The molecular weight excluding hydrogens is 260 g/mol. The van der Waals surface area contributed by atoms with E-state index >= 15 is 0 Å². The van der Waals surface area contributed by atoms with E-state index in [1.54, 1.807) is 6.07 Å². The van der Waals surface area contributed by atoms with Gasteiger partial charge in [0.25, 0.3) is 0 Å². The van der Waals surface area contributed by atoms with E-state index in [0.717, 1.165) is 12.8 Å². The SMILES string of the molecule is NC(=O)C1(N)CCCC(Oc2ccc3c(c2)OCO3)C1. The zero-order valence-electron chi connectivity index (χ0n) is 11.1. The molecule has 6 heteroatoms. The van der Waals surface area contributed by atoms with Crippen molar-refractivity contribution in [3.05, 3.63) is 18.2 Å². The van der Waals surface area contributed by atoms with Crippen LogP contribution < -0.4 is 25.7 Å². The standard InChI is InChI=1S/C14H18N2O4/c15-13(17)14(16)5-1-2-10(7-14)20-9-3-4-11-12(6-9)19-8-18-11/h3-4,6,10H,1-2,5,7-8,16H2,(H2,15,17). The minimum atomic E-state index is -0.959. The molecule has 1 fully saturated rings. The molecule has 1 amide bonds. The highest BCUT2D eigenvalue weighted by molar-refractivity contribution is 5.84. The second-order valence-corrected chi connectivity index (χ2v) is 5.37. The van der Waals surface area contributed by atoms with Gasteiger partial charge < -0.3 is 25.7 Å². The Morgan fingerprint density at radius 3 is 2.95 bits per heavy atom. The molecule has 2 aliphatic rings. The van der Waals surface area contributed by atoms with Crippen LogP contribution in [0.4, 0.5) is 0 Å². The third kappa shape index (κ3) is 2.38. The molecule has 1 aliphatic carbocycles. The molecule has 0 radical (unpaired) electrons. The molecule has 0 spiro atoms. The summed E-state index contributed by atoms with van der Waals surface area (Å²) in [5.41, 5.74) is 10.5. The summed E-state index contributed by atoms with van der Waals surface area (Å²) in [4.78, 5) is 11.4. The number of primary amides is 1. The molecule has 1 aliphatic heterocycles. The van der Waals surface area contributed by atoms with Gasteiger partial charge in [0, 0.05) is 12.5 Å². The van der Waals surface area contributed by atoms with Crippen molar-refractivity contribution >= 4 is 5.91 Å². The summed E-state index contributed by atoms with van der Waals surface area (Å²) in [7, 11) is 0. The zero-order valence-corrected chi connectivity index (χ0v) is 11.1. The molecule has 4 N–H and O–H groups in total. The highest BCUT2D eigenvalue weighted by atomic mass is 16.7. The van der Waals surface area contributed by atoms with Crippen LogP contribution in [0.5, 0.6) is 17.2 Å². The van der Waals surface area contributed by atoms with E-state index in [1.165, 1.54) is 0 Å². The van der Waals surface area contributed by atoms with Crippen LogP contribution in [0.15, 0.2) is 18.2 Å². The highest BCUT2D eigenvalue weighted by Crippen LogP contribution is 2.36. The Morgan fingerprint density at radius 2 is 2.15 bits per heavy atom. The fraction of sp³-hybridized carbons (Fsp3) is 0.500. The molecule has 6 nitrogen and oxygen atoms in total. The summed E-state index contributed by atoms with van der Waals surface area (Å²) >= 11 is 0. The largest absolute Gasteiger partial charge is 0.490 e. The Hall–Kier alpha value is -1.95. The van der Waals surface area contributed by atoms with Crippen molar-refractivity contribution in [3.63, 3.8) is 0 Å². The van der Waals surface area contributed by atoms with Crippen LogP contribution >= 0.6 is 0 Å². The molecule has 1 heterocycles. The van der Waals surface area contributed by atoms with E-state index in [-0.39, 0.29) is 12.9 Å². The third-order valence-electron chi connectivity index (χ3n) is 3.88. The molecule has 0 aromatic heterocycles. The van der Waals surface area contributed by atoms with E-state index < -0.39 is 11.4 Å². The lowest BCUT2D eigenvalue weighted by Gasteiger charge is -2.35. The van der Waals surface area contributed by atoms with Crippen molar-refractivity contribution in [3.8, 4) is 17.2 Å². The first-order valence-electron chi connectivity index (χ1n) is 6.72. The molecule has 1 aromatic carbocycles. The fourth-order valence-corrected chi connectivity index (χ4v) is 2.72. The van der Waals surface area contributed by atoms with Gasteiger partial charge in [-0.2, -0.15) is 0 Å². The number of carbonyl (C=O) groups is 1. The summed E-state index contributed by atoms with van der Waals surface area (Å²) in [5.74, 6) is 1.61. The maximum atomic E-state index is 11.4. The number of rotatable bonds is 3. The molecule has 3 rings (SSSR count). The second kappa shape index (κ2) is 4.86. The summed E-state index contributed by atoms with van der Waals surface area (Å²) in [6.45, 7) is 0.232. The van der Waals surface area contributed by atoms with Crippen molar-refractivity contribution in [1.29, 1.82) is 0 Å². The van der Waals surface area contributed by atoms with Gasteiger partial charge in [0.05, 0.1) is 5.54 Å². The Balaban J connectivity index is 1.70. The van der Waals surface area contributed by atoms with Crippen molar-refractivity contribution in [2.45, 2.75) is 37.3 Å². The Morgan fingerprint density at radius 1 is 1.35 bits per heavy atom. The molecule has 2 unspecified atom stereocenters. The first-order chi connectivity index (χ1) is 9.57. The first-order valence-corrected chi connectivity index (χ1v) is 6.72. The molecule has 2 atom stereocenters. The summed E-state index contributed by atoms with van der Waals surface area (Å²) in [6, 6.07) is 5.42. The van der Waals surface area contributed by atoms with Crippen LogP contribution in [-0.4, -0.2) is 24.3 Å². The minimum Gasteiger partial charge on any atom is -0.490 e. The maximum absolute atomic E-state index is 11.4. The van der Waals surface area contributed by atoms with Gasteiger partial charge in [0.1, 0.15) is 11.9 Å². The van der Waals surface area contributed by atoms with E-state index in [1.807, 2.05) is 12.1 Å². The molecule has 20 heavy (non-hydrogen) atoms. The van der Waals surface area contributed by atoms with Crippen molar-refractivity contribution in [2.24, 2.45) is 11.5 Å². The van der Waals surface area contributed by atoms with Crippen molar-refractivity contribution < 1.29 is 19.0 Å². The number of amides is 1. The number of hydrogen-bond acceptors (Lipinski definition) is 5. The van der Waals surface area contributed by atoms with Crippen LogP contribution in [0.2, 0.25) is 0 Å². The predicted molar refractivity (Wildman–Crippen MR) is 71.6 cm³/mol. The monoisotopic (exact) mass is 278 g/mol. The van der Waals surface area contributed by atoms with Gasteiger partial charge in [-0.1, -0.05) is 0 Å². The molecule has 108 valence electrons. The number of benzene rings is 1. The van der Waals surface area contributed by atoms with Gasteiger partial charge >= 0.3 is 0 Å². The molecular formula is C14H18N2O4. The van der Waals surface area contributed by atoms with Crippen molar-refractivity contribution in [2.75, 3.05) is 6.79 Å². The molecule has 0 saturated heterocycles. The molecule has 1 saturated carbocycles. The van der Waals surface area contributed by atoms with Gasteiger partial charge in [0.15, 0.2) is 11.5 Å². The second-order valence-electron chi connectivity index (χ2n) is 5.37. The van der Waals surface area contributed by atoms with Gasteiger partial charge in [-0.05, 0) is 31.4 Å². The normalized spacial score (nSPS) is 28.1. The average molecular weight is 278 g/mol. The number of nitrogens with two attached hydrogens (primary N) is 2. The predicted octanol–water partition coefficient (Wildman–Crippen LogP) is 0.919. The van der Waals surface area contributed by atoms with E-state index in [2.05, 4.69) is 0 Å². The fourth-order valence-electron chi connectivity index (χ4n) is 2.72. The number of carbonyl (C=O) groups excluding carboxylic acids is 1. The number of hydrogen-bond donors (Lipinski definition) is 2. The lowest BCUT2D eigenvalue weighted by molar-refractivity contribution is -0.125. The molecule has 1 aromatic rings. The van der Waals surface area contributed by atoms with Crippen LogP contribution in [0.3, 0.4) is 0 Å². The summed E-state index contributed by atoms with van der Waals surface area (Å²) in [6.07, 6.45) is 2.64. The minimum absolute atomic E-state index is 0.110. The van der Waals surface area contributed by atoms with E-state index in [9.17, 15) is 4.79 Å². The maximum Gasteiger partial charge on any atom is 0.237 e. The summed E-state index contributed by atoms with van der Waals surface area (Å²) < 4.78 is 16.5. The van der Waals surface area contributed by atoms with Gasteiger partial charge in [-0.25, -0.2) is 0 Å². The Labute approximate surface area is 117 Å². The smallest absolute Gasteiger partial charge is 0.237 e. The lowest BCUT2D eigenvalue weighted by atomic mass is 9.80. The number of fused-ring (bicyclic) bond motifs is 1. The highest BCUT2D eigenvalue weighted by Gasteiger charge is 2.38. The quantitative estimate of drug-likeness (QED) is 0.857. The van der Waals surface area contributed by atoms with Gasteiger partial charge in [-0.3, -0.25) is 4.79 Å². The van der Waals surface area contributed by atoms with Crippen LogP contribution in [0.1, 0.15) is 25.7 Å². The average Bonchev–Trinajstić information content (AvgIpc) is 2.86. The lowest BCUT2D eigenvalue weighted by Crippen LogP contribution is -2.56. The first kappa shape index (κ1) is 13.1. The topological polar surface area (TPSA) is 96.8 Å². The Bertz CT molecular complexity index is 534. The summed E-state index contributed by atoms with van der Waals surface area (Å²) in [5, 5.41) is 0. The van der Waals surface area contributed by atoms with Gasteiger partial charge in [0.2, 0.25) is 12.7 Å². The third-order valence-corrected chi connectivity index (χ3v) is 3.88. The number of ether oxygens (including phenoxy) is 3. The van der Waals surface area contributed by atoms with E-state index in [4.69, 9.17) is 25.7 Å². The van der Waals surface area contributed by atoms with Crippen LogP contribution in [-0.2, 0) is 4.79 Å². The van der Waals surface area contributed by atoms with Gasteiger partial charge in [-0.15, -0.1) is 0 Å². The van der Waals surface area contributed by atoms with Crippen molar-refractivity contribution in [1.82, 2.24) is 0 Å².